The van der Waals surface area contributed by atoms with Gasteiger partial charge in [-0.2, -0.15) is 0 Å². The fraction of sp³-hybridized carbons (Fsp3) is 0.500. The van der Waals surface area contributed by atoms with E-state index in [9.17, 15) is 4.79 Å². The lowest BCUT2D eigenvalue weighted by Gasteiger charge is -2.11. The van der Waals surface area contributed by atoms with Gasteiger partial charge in [-0.3, -0.25) is 4.79 Å². The Kier molecular flexibility index (Phi) is 4.54. The number of nitrogen functional groups attached to an aromatic ring is 1. The number of nitrogens with zero attached hydrogens (tertiary/aromatic N) is 2. The smallest absolute Gasteiger partial charge is 0.319 e. The van der Waals surface area contributed by atoms with Gasteiger partial charge in [0.25, 0.3) is 0 Å². The topological polar surface area (TPSA) is 78.1 Å². The maximum atomic E-state index is 11.4. The van der Waals surface area contributed by atoms with Gasteiger partial charge in [0.05, 0.1) is 7.11 Å². The Labute approximate surface area is 98.8 Å². The first-order chi connectivity index (χ1) is 7.56. The van der Waals surface area contributed by atoms with Crippen molar-refractivity contribution in [3.05, 3.63) is 11.8 Å². The lowest BCUT2D eigenvalue weighted by Crippen LogP contribution is -2.18. The third-order valence-electron chi connectivity index (χ3n) is 1.94. The molecule has 0 fully saturated rings. The molecule has 16 heavy (non-hydrogen) atoms. The van der Waals surface area contributed by atoms with Crippen molar-refractivity contribution in [1.29, 1.82) is 0 Å². The molecule has 1 rings (SSSR count). The summed E-state index contributed by atoms with van der Waals surface area (Å²) in [6, 6.07) is 1.68. The highest BCUT2D eigenvalue weighted by Crippen LogP contribution is 2.23. The molecule has 0 saturated carbocycles. The summed E-state index contributed by atoms with van der Waals surface area (Å²) in [5.41, 5.74) is 6.39. The number of carbonyl (C=O) groups is 1. The second-order valence-electron chi connectivity index (χ2n) is 3.25. The maximum Gasteiger partial charge on any atom is 0.319 e. The highest BCUT2D eigenvalue weighted by molar-refractivity contribution is 8.00. The van der Waals surface area contributed by atoms with E-state index in [0.717, 1.165) is 5.69 Å². The van der Waals surface area contributed by atoms with Gasteiger partial charge in [-0.15, -0.1) is 0 Å². The van der Waals surface area contributed by atoms with Gasteiger partial charge in [-0.1, -0.05) is 18.7 Å². The molecule has 0 aliphatic rings. The lowest BCUT2D eigenvalue weighted by atomic mass is 10.3. The molecule has 0 aliphatic carbocycles. The van der Waals surface area contributed by atoms with E-state index in [1.165, 1.54) is 18.9 Å². The molecule has 0 aliphatic heterocycles. The molecule has 2 N–H and O–H groups in total. The first-order valence-electron chi connectivity index (χ1n) is 4.92. The molecule has 0 saturated heterocycles. The standard InChI is InChI=1S/C10H15N3O2S/c1-4-7(9(14)15-3)16-10-12-6(2)5-8(11)13-10/h5,7H,4H2,1-3H3,(H2,11,12,13). The fourth-order valence-corrected chi connectivity index (χ4v) is 2.14. The average Bonchev–Trinajstić information content (AvgIpc) is 2.23. The predicted octanol–water partition coefficient (Wildman–Crippen LogP) is 1.41. The van der Waals surface area contributed by atoms with Crippen molar-refractivity contribution in [2.45, 2.75) is 30.7 Å². The number of aromatic nitrogens is 2. The number of carbonyl (C=O) groups excluding carboxylic acids is 1. The van der Waals surface area contributed by atoms with Crippen LogP contribution < -0.4 is 5.73 Å². The van der Waals surface area contributed by atoms with Crippen molar-refractivity contribution >= 4 is 23.5 Å². The number of ether oxygens (including phenoxy) is 1. The van der Waals surface area contributed by atoms with Crippen LogP contribution in [0, 0.1) is 6.92 Å². The lowest BCUT2D eigenvalue weighted by molar-refractivity contribution is -0.140. The van der Waals surface area contributed by atoms with Gasteiger partial charge >= 0.3 is 5.97 Å². The fourth-order valence-electron chi connectivity index (χ4n) is 1.17. The van der Waals surface area contributed by atoms with Crippen LogP contribution in [0.4, 0.5) is 5.82 Å². The van der Waals surface area contributed by atoms with E-state index in [-0.39, 0.29) is 11.2 Å². The van der Waals surface area contributed by atoms with Crippen LogP contribution in [0.1, 0.15) is 19.0 Å². The van der Waals surface area contributed by atoms with Crippen molar-refractivity contribution in [1.82, 2.24) is 9.97 Å². The van der Waals surface area contributed by atoms with Crippen LogP contribution in [0.2, 0.25) is 0 Å². The molecule has 1 atom stereocenters. The number of rotatable bonds is 4. The van der Waals surface area contributed by atoms with Gasteiger partial charge < -0.3 is 10.5 Å². The van der Waals surface area contributed by atoms with Crippen molar-refractivity contribution < 1.29 is 9.53 Å². The number of thioether (sulfide) groups is 1. The Balaban J connectivity index is 2.81. The zero-order valence-corrected chi connectivity index (χ0v) is 10.4. The first-order valence-corrected chi connectivity index (χ1v) is 5.80. The largest absolute Gasteiger partial charge is 0.468 e. The Morgan fingerprint density at radius 2 is 2.31 bits per heavy atom. The van der Waals surface area contributed by atoms with E-state index in [0.29, 0.717) is 17.4 Å². The molecule has 0 bridgehead atoms. The van der Waals surface area contributed by atoms with Crippen LogP contribution in [-0.4, -0.2) is 28.3 Å². The van der Waals surface area contributed by atoms with Crippen LogP contribution in [0.3, 0.4) is 0 Å². The summed E-state index contributed by atoms with van der Waals surface area (Å²) in [6.07, 6.45) is 0.661. The molecule has 0 aromatic carbocycles. The monoisotopic (exact) mass is 241 g/mol. The summed E-state index contributed by atoms with van der Waals surface area (Å²) in [5, 5.41) is 0.223. The van der Waals surface area contributed by atoms with Crippen molar-refractivity contribution in [3.8, 4) is 0 Å². The molecule has 5 nitrogen and oxygen atoms in total. The van der Waals surface area contributed by atoms with E-state index in [1.807, 2.05) is 13.8 Å². The van der Waals surface area contributed by atoms with Crippen LogP contribution >= 0.6 is 11.8 Å². The molecule has 88 valence electrons. The zero-order valence-electron chi connectivity index (χ0n) is 9.56. The molecular formula is C10H15N3O2S. The van der Waals surface area contributed by atoms with Gasteiger partial charge in [-0.05, 0) is 13.3 Å². The minimum atomic E-state index is -0.286. The molecular weight excluding hydrogens is 226 g/mol. The van der Waals surface area contributed by atoms with Gasteiger partial charge in [-0.25, -0.2) is 9.97 Å². The summed E-state index contributed by atoms with van der Waals surface area (Å²) in [5.74, 6) is 0.144. The van der Waals surface area contributed by atoms with E-state index in [4.69, 9.17) is 5.73 Å². The molecule has 0 radical (unpaired) electrons. The van der Waals surface area contributed by atoms with Crippen molar-refractivity contribution in [2.24, 2.45) is 0 Å². The minimum absolute atomic E-state index is 0.267. The Morgan fingerprint density at radius 1 is 1.62 bits per heavy atom. The summed E-state index contributed by atoms with van der Waals surface area (Å²) in [4.78, 5) is 19.7. The number of anilines is 1. The van der Waals surface area contributed by atoms with E-state index < -0.39 is 0 Å². The van der Waals surface area contributed by atoms with Gasteiger partial charge in [0, 0.05) is 11.8 Å². The summed E-state index contributed by atoms with van der Waals surface area (Å²) < 4.78 is 4.69. The number of nitrogens with two attached hydrogens (primary N) is 1. The summed E-state index contributed by atoms with van der Waals surface area (Å²) in [6.45, 7) is 3.74. The quantitative estimate of drug-likeness (QED) is 0.488. The summed E-state index contributed by atoms with van der Waals surface area (Å²) >= 11 is 1.27. The summed E-state index contributed by atoms with van der Waals surface area (Å²) in [7, 11) is 1.37. The third-order valence-corrected chi connectivity index (χ3v) is 3.14. The molecule has 1 aromatic rings. The van der Waals surface area contributed by atoms with E-state index in [2.05, 4.69) is 14.7 Å². The second-order valence-corrected chi connectivity index (χ2v) is 4.42. The number of methoxy groups -OCH3 is 1. The second kappa shape index (κ2) is 5.69. The highest BCUT2D eigenvalue weighted by Gasteiger charge is 2.20. The van der Waals surface area contributed by atoms with E-state index in [1.54, 1.807) is 6.07 Å². The van der Waals surface area contributed by atoms with Crippen LogP contribution in [0.25, 0.3) is 0 Å². The van der Waals surface area contributed by atoms with E-state index >= 15 is 0 Å². The number of esters is 1. The number of aryl methyl sites for hydroxylation is 1. The van der Waals surface area contributed by atoms with Crippen LogP contribution in [-0.2, 0) is 9.53 Å². The number of hydrogen-bond acceptors (Lipinski definition) is 6. The molecule has 1 heterocycles. The van der Waals surface area contributed by atoms with Crippen molar-refractivity contribution in [3.63, 3.8) is 0 Å². The molecule has 1 aromatic heterocycles. The molecule has 0 spiro atoms. The first kappa shape index (κ1) is 12.8. The Hall–Kier alpha value is -1.30. The minimum Gasteiger partial charge on any atom is -0.468 e. The third kappa shape index (κ3) is 3.37. The average molecular weight is 241 g/mol. The molecule has 6 heteroatoms. The van der Waals surface area contributed by atoms with Crippen LogP contribution in [0.5, 0.6) is 0 Å². The Morgan fingerprint density at radius 3 is 2.81 bits per heavy atom. The Bertz CT molecular complexity index is 364. The normalized spacial score (nSPS) is 12.2. The van der Waals surface area contributed by atoms with Crippen molar-refractivity contribution in [2.75, 3.05) is 12.8 Å². The van der Waals surface area contributed by atoms with Gasteiger partial charge in [0.1, 0.15) is 11.1 Å². The molecule has 1 unspecified atom stereocenters. The highest BCUT2D eigenvalue weighted by atomic mass is 32.2. The predicted molar refractivity (Wildman–Crippen MR) is 63.1 cm³/mol. The maximum absolute atomic E-state index is 11.4. The zero-order chi connectivity index (χ0) is 12.1. The van der Waals surface area contributed by atoms with Gasteiger partial charge in [0.2, 0.25) is 0 Å². The number of hydrogen-bond donors (Lipinski definition) is 1. The van der Waals surface area contributed by atoms with Crippen LogP contribution in [0.15, 0.2) is 11.2 Å². The molecule has 0 amide bonds. The SMILES string of the molecule is CCC(Sc1nc(C)cc(N)n1)C(=O)OC. The van der Waals surface area contributed by atoms with Gasteiger partial charge in [0.15, 0.2) is 5.16 Å².